The van der Waals surface area contributed by atoms with Crippen LogP contribution in [0.3, 0.4) is 0 Å². The second-order valence-corrected chi connectivity index (χ2v) is 3.82. The zero-order valence-electron chi connectivity index (χ0n) is 8.40. The van der Waals surface area contributed by atoms with Crippen molar-refractivity contribution in [1.29, 1.82) is 0 Å². The number of rotatable bonds is 3. The zero-order chi connectivity index (χ0) is 12.4. The fraction of sp³-hybridized carbons (Fsp3) is 0. The third-order valence-corrected chi connectivity index (χ3v) is 2.53. The highest BCUT2D eigenvalue weighted by atomic mass is 32.2. The minimum Gasteiger partial charge on any atom is -0.380 e. The van der Waals surface area contributed by atoms with E-state index in [4.69, 9.17) is 4.55 Å². The van der Waals surface area contributed by atoms with E-state index in [1.807, 2.05) is 0 Å². The lowest BCUT2D eigenvalue weighted by Gasteiger charge is -2.03. The molecule has 1 unspecified atom stereocenters. The zero-order valence-corrected chi connectivity index (χ0v) is 9.22. The molecule has 0 aliphatic carbocycles. The first-order valence-corrected chi connectivity index (χ1v) is 5.57. The van der Waals surface area contributed by atoms with Gasteiger partial charge in [-0.2, -0.15) is 4.21 Å². The summed E-state index contributed by atoms with van der Waals surface area (Å²) in [6.07, 6.45) is 0. The molecule has 1 N–H and O–H groups in total. The molecular formula is C10H7NO5S. The van der Waals surface area contributed by atoms with Crippen molar-refractivity contribution in [2.45, 2.75) is 0 Å². The lowest BCUT2D eigenvalue weighted by Crippen LogP contribution is -1.97. The van der Waals surface area contributed by atoms with E-state index in [1.165, 1.54) is 18.2 Å². The number of nitro groups is 1. The molecule has 2 aromatic rings. The average Bonchev–Trinajstić information content (AvgIpc) is 2.27. The van der Waals surface area contributed by atoms with Crippen LogP contribution < -0.4 is 4.18 Å². The van der Waals surface area contributed by atoms with Crippen LogP contribution >= 0.6 is 0 Å². The van der Waals surface area contributed by atoms with Gasteiger partial charge in [0.25, 0.3) is 5.69 Å². The van der Waals surface area contributed by atoms with Crippen molar-refractivity contribution in [1.82, 2.24) is 0 Å². The van der Waals surface area contributed by atoms with Crippen LogP contribution in [0.25, 0.3) is 10.8 Å². The SMILES string of the molecule is O=[N+]([O-])c1cccc2ccc(OS(=O)O)cc12. The van der Waals surface area contributed by atoms with E-state index in [9.17, 15) is 14.3 Å². The number of fused-ring (bicyclic) bond motifs is 1. The van der Waals surface area contributed by atoms with Gasteiger partial charge in [-0.3, -0.25) is 14.7 Å². The van der Waals surface area contributed by atoms with Gasteiger partial charge in [-0.15, -0.1) is 0 Å². The summed E-state index contributed by atoms with van der Waals surface area (Å²) in [5.74, 6) is 0.104. The van der Waals surface area contributed by atoms with Crippen LogP contribution in [-0.2, 0) is 11.4 Å². The Hall–Kier alpha value is -1.99. The van der Waals surface area contributed by atoms with Gasteiger partial charge in [0.1, 0.15) is 5.75 Å². The molecule has 0 bridgehead atoms. The van der Waals surface area contributed by atoms with Gasteiger partial charge in [-0.05, 0) is 17.5 Å². The normalized spacial score (nSPS) is 12.3. The summed E-state index contributed by atoms with van der Waals surface area (Å²) in [5, 5.41) is 11.8. The van der Waals surface area contributed by atoms with Crippen molar-refractivity contribution < 1.29 is 17.9 Å². The first-order valence-electron chi connectivity index (χ1n) is 4.54. The molecule has 2 rings (SSSR count). The Bertz CT molecular complexity index is 613. The predicted octanol–water partition coefficient (Wildman–Crippen LogP) is 2.26. The molecule has 6 nitrogen and oxygen atoms in total. The molecule has 0 heterocycles. The molecule has 0 radical (unpaired) electrons. The highest BCUT2D eigenvalue weighted by molar-refractivity contribution is 7.74. The maximum absolute atomic E-state index is 10.8. The molecule has 17 heavy (non-hydrogen) atoms. The fourth-order valence-electron chi connectivity index (χ4n) is 1.53. The molecule has 0 fully saturated rings. The van der Waals surface area contributed by atoms with E-state index in [2.05, 4.69) is 4.18 Å². The van der Waals surface area contributed by atoms with Gasteiger partial charge in [0.05, 0.1) is 10.3 Å². The minimum atomic E-state index is -2.45. The minimum absolute atomic E-state index is 0.0725. The Kier molecular flexibility index (Phi) is 3.03. The summed E-state index contributed by atoms with van der Waals surface area (Å²) in [6.45, 7) is 0. The first kappa shape index (κ1) is 11.5. The maximum atomic E-state index is 10.8. The van der Waals surface area contributed by atoms with Gasteiger partial charge in [-0.25, -0.2) is 0 Å². The van der Waals surface area contributed by atoms with Crippen molar-refractivity contribution in [3.05, 3.63) is 46.5 Å². The molecule has 1 atom stereocenters. The Morgan fingerprint density at radius 2 is 2.06 bits per heavy atom. The average molecular weight is 253 g/mol. The van der Waals surface area contributed by atoms with Gasteiger partial charge in [-0.1, -0.05) is 18.2 Å². The van der Waals surface area contributed by atoms with Gasteiger partial charge >= 0.3 is 11.4 Å². The van der Waals surface area contributed by atoms with E-state index >= 15 is 0 Å². The van der Waals surface area contributed by atoms with E-state index in [1.54, 1.807) is 18.2 Å². The topological polar surface area (TPSA) is 89.7 Å². The molecule has 0 spiro atoms. The smallest absolute Gasteiger partial charge is 0.357 e. The molecule has 0 saturated carbocycles. The molecule has 0 amide bonds. The molecule has 0 aliphatic heterocycles. The summed E-state index contributed by atoms with van der Waals surface area (Å²) >= 11 is -2.45. The highest BCUT2D eigenvalue weighted by Gasteiger charge is 2.12. The van der Waals surface area contributed by atoms with Crippen LogP contribution in [0.5, 0.6) is 5.75 Å². The third-order valence-electron chi connectivity index (χ3n) is 2.19. The number of non-ortho nitro benzene ring substituents is 1. The molecule has 0 aliphatic rings. The summed E-state index contributed by atoms with van der Waals surface area (Å²) in [6, 6.07) is 9.07. The summed E-state index contributed by atoms with van der Waals surface area (Å²) in [5.41, 5.74) is -0.0725. The van der Waals surface area contributed by atoms with Gasteiger partial charge in [0.2, 0.25) is 0 Å². The van der Waals surface area contributed by atoms with Crippen molar-refractivity contribution in [2.24, 2.45) is 0 Å². The monoisotopic (exact) mass is 253 g/mol. The Morgan fingerprint density at radius 3 is 2.71 bits per heavy atom. The molecule has 2 aromatic carbocycles. The standard InChI is InChI=1S/C10H7NO5S/c12-11(13)10-3-1-2-7-4-5-8(6-9(7)10)16-17(14)15/h1-6H,(H,14,15). The van der Waals surface area contributed by atoms with Gasteiger partial charge < -0.3 is 4.18 Å². The second-order valence-electron chi connectivity index (χ2n) is 3.22. The Balaban J connectivity index is 2.61. The van der Waals surface area contributed by atoms with Crippen LogP contribution in [0, 0.1) is 10.1 Å². The largest absolute Gasteiger partial charge is 0.380 e. The van der Waals surface area contributed by atoms with Gasteiger partial charge in [0.15, 0.2) is 0 Å². The summed E-state index contributed by atoms with van der Waals surface area (Å²) in [7, 11) is 0. The predicted molar refractivity (Wildman–Crippen MR) is 62.0 cm³/mol. The molecule has 88 valence electrons. The second kappa shape index (κ2) is 4.48. The molecule has 7 heteroatoms. The maximum Gasteiger partial charge on any atom is 0.357 e. The fourth-order valence-corrected chi connectivity index (χ4v) is 1.80. The first-order chi connectivity index (χ1) is 8.08. The van der Waals surface area contributed by atoms with E-state index in [-0.39, 0.29) is 11.4 Å². The molecular weight excluding hydrogens is 246 g/mol. The number of benzene rings is 2. The van der Waals surface area contributed by atoms with Crippen LogP contribution in [-0.4, -0.2) is 13.7 Å². The van der Waals surface area contributed by atoms with Crippen LogP contribution in [0.15, 0.2) is 36.4 Å². The molecule has 0 saturated heterocycles. The van der Waals surface area contributed by atoms with Crippen LogP contribution in [0.2, 0.25) is 0 Å². The summed E-state index contributed by atoms with van der Waals surface area (Å²) in [4.78, 5) is 10.3. The van der Waals surface area contributed by atoms with Crippen molar-refractivity contribution in [3.63, 3.8) is 0 Å². The lowest BCUT2D eigenvalue weighted by atomic mass is 10.1. The Labute approximate surface area is 98.5 Å². The van der Waals surface area contributed by atoms with Gasteiger partial charge in [0, 0.05) is 6.07 Å². The highest BCUT2D eigenvalue weighted by Crippen LogP contribution is 2.28. The van der Waals surface area contributed by atoms with E-state index in [0.717, 1.165) is 0 Å². The number of nitrogens with zero attached hydrogens (tertiary/aromatic N) is 1. The number of nitro benzene ring substituents is 1. The van der Waals surface area contributed by atoms with Crippen LogP contribution in [0.1, 0.15) is 0 Å². The summed E-state index contributed by atoms with van der Waals surface area (Å²) < 4.78 is 23.6. The number of hydrogen-bond acceptors (Lipinski definition) is 4. The van der Waals surface area contributed by atoms with Crippen LogP contribution in [0.4, 0.5) is 5.69 Å². The number of hydrogen-bond donors (Lipinski definition) is 1. The quantitative estimate of drug-likeness (QED) is 0.514. The lowest BCUT2D eigenvalue weighted by molar-refractivity contribution is -0.383. The molecule has 0 aromatic heterocycles. The van der Waals surface area contributed by atoms with Crippen molar-refractivity contribution >= 4 is 27.8 Å². The third kappa shape index (κ3) is 2.40. The Morgan fingerprint density at radius 1 is 1.29 bits per heavy atom. The van der Waals surface area contributed by atoms with E-state index < -0.39 is 16.3 Å². The van der Waals surface area contributed by atoms with Crippen molar-refractivity contribution in [2.75, 3.05) is 0 Å². The van der Waals surface area contributed by atoms with E-state index in [0.29, 0.717) is 10.8 Å². The van der Waals surface area contributed by atoms with Crippen molar-refractivity contribution in [3.8, 4) is 5.75 Å².